The van der Waals surface area contributed by atoms with Crippen molar-refractivity contribution in [2.75, 3.05) is 12.3 Å². The molecule has 2 nitrogen and oxygen atoms in total. The number of rotatable bonds is 2. The first kappa shape index (κ1) is 8.08. The number of aliphatic hydroxyl groups excluding tert-OH is 1. The largest absolute Gasteiger partial charge is 0.386 e. The molecule has 1 aliphatic heterocycles. The highest BCUT2D eigenvalue weighted by molar-refractivity contribution is 8.14. The highest BCUT2D eigenvalue weighted by Crippen LogP contribution is 2.18. The fourth-order valence-corrected chi connectivity index (χ4v) is 1.83. The second kappa shape index (κ2) is 3.39. The van der Waals surface area contributed by atoms with E-state index in [4.69, 9.17) is 0 Å². The van der Waals surface area contributed by atoms with Gasteiger partial charge in [-0.2, -0.15) is 0 Å². The third kappa shape index (κ3) is 1.73. The number of nitrogens with zero attached hydrogens (tertiary/aromatic N) is 1. The number of thioether (sulfide) groups is 1. The predicted octanol–water partition coefficient (Wildman–Crippen LogP) is 1.15. The monoisotopic (exact) mass is 159 g/mol. The Morgan fingerprint density at radius 3 is 2.70 bits per heavy atom. The second-order valence-corrected chi connectivity index (χ2v) is 3.87. The van der Waals surface area contributed by atoms with E-state index in [0.717, 1.165) is 17.3 Å². The van der Waals surface area contributed by atoms with Gasteiger partial charge in [0.25, 0.3) is 0 Å². The SMILES string of the molecule is CC(C)C(O)C1=NCCS1. The van der Waals surface area contributed by atoms with Gasteiger partial charge in [0.2, 0.25) is 0 Å². The van der Waals surface area contributed by atoms with Gasteiger partial charge in [0.15, 0.2) is 0 Å². The molecular weight excluding hydrogens is 146 g/mol. The Morgan fingerprint density at radius 1 is 1.60 bits per heavy atom. The number of hydrogen-bond acceptors (Lipinski definition) is 3. The number of hydrogen-bond donors (Lipinski definition) is 1. The highest BCUT2D eigenvalue weighted by atomic mass is 32.2. The first-order chi connectivity index (χ1) is 4.72. The Balaban J connectivity index is 2.47. The Hall–Kier alpha value is -0.0200. The third-order valence-corrected chi connectivity index (χ3v) is 2.55. The zero-order chi connectivity index (χ0) is 7.56. The van der Waals surface area contributed by atoms with Gasteiger partial charge in [-0.15, -0.1) is 11.8 Å². The molecule has 0 aromatic heterocycles. The average Bonchev–Trinajstić information content (AvgIpc) is 2.36. The van der Waals surface area contributed by atoms with Gasteiger partial charge in [-0.1, -0.05) is 13.8 Å². The summed E-state index contributed by atoms with van der Waals surface area (Å²) in [6, 6.07) is 0. The molecule has 0 aliphatic carbocycles. The molecule has 0 saturated carbocycles. The molecule has 0 bridgehead atoms. The summed E-state index contributed by atoms with van der Waals surface area (Å²) in [5.74, 6) is 1.34. The van der Waals surface area contributed by atoms with Crippen LogP contribution in [0.4, 0.5) is 0 Å². The van der Waals surface area contributed by atoms with Gasteiger partial charge >= 0.3 is 0 Å². The molecule has 0 fully saturated rings. The molecule has 1 aliphatic rings. The van der Waals surface area contributed by atoms with E-state index in [1.165, 1.54) is 0 Å². The van der Waals surface area contributed by atoms with Crippen LogP contribution in [0.25, 0.3) is 0 Å². The van der Waals surface area contributed by atoms with E-state index < -0.39 is 0 Å². The van der Waals surface area contributed by atoms with Crippen molar-refractivity contribution >= 4 is 16.8 Å². The summed E-state index contributed by atoms with van der Waals surface area (Å²) < 4.78 is 0. The quantitative estimate of drug-likeness (QED) is 0.655. The summed E-state index contributed by atoms with van der Waals surface area (Å²) in [6.07, 6.45) is -0.326. The molecule has 1 heterocycles. The van der Waals surface area contributed by atoms with Crippen molar-refractivity contribution in [2.45, 2.75) is 20.0 Å². The number of aliphatic imine (C=N–C) groups is 1. The van der Waals surface area contributed by atoms with Crippen molar-refractivity contribution in [3.63, 3.8) is 0 Å². The summed E-state index contributed by atoms with van der Waals surface area (Å²) in [7, 11) is 0. The van der Waals surface area contributed by atoms with Crippen LogP contribution in [0.2, 0.25) is 0 Å². The van der Waals surface area contributed by atoms with Gasteiger partial charge in [0.05, 0.1) is 5.04 Å². The van der Waals surface area contributed by atoms with Crippen LogP contribution in [0, 0.1) is 5.92 Å². The average molecular weight is 159 g/mol. The fourth-order valence-electron chi connectivity index (χ4n) is 0.816. The van der Waals surface area contributed by atoms with Crippen LogP contribution in [0.15, 0.2) is 4.99 Å². The van der Waals surface area contributed by atoms with Gasteiger partial charge in [-0.3, -0.25) is 4.99 Å². The Morgan fingerprint density at radius 2 is 2.30 bits per heavy atom. The molecule has 0 radical (unpaired) electrons. The zero-order valence-corrected chi connectivity index (χ0v) is 7.19. The van der Waals surface area contributed by atoms with Crippen LogP contribution in [0.3, 0.4) is 0 Å². The smallest absolute Gasteiger partial charge is 0.104 e. The van der Waals surface area contributed by atoms with Crippen molar-refractivity contribution in [1.29, 1.82) is 0 Å². The molecule has 1 N–H and O–H groups in total. The molecule has 0 spiro atoms. The summed E-state index contributed by atoms with van der Waals surface area (Å²) in [6.45, 7) is 4.89. The maximum atomic E-state index is 9.47. The van der Waals surface area contributed by atoms with Crippen molar-refractivity contribution in [3.05, 3.63) is 0 Å². The van der Waals surface area contributed by atoms with Crippen molar-refractivity contribution < 1.29 is 5.11 Å². The van der Waals surface area contributed by atoms with Gasteiger partial charge in [-0.05, 0) is 5.92 Å². The Bertz CT molecular complexity index is 145. The number of aliphatic hydroxyl groups is 1. The minimum atomic E-state index is -0.326. The van der Waals surface area contributed by atoms with Gasteiger partial charge in [0, 0.05) is 12.3 Å². The standard InChI is InChI=1S/C7H13NOS/c1-5(2)6(9)7-8-3-4-10-7/h5-6,9H,3-4H2,1-2H3. The molecular formula is C7H13NOS. The Kier molecular flexibility index (Phi) is 2.74. The molecule has 1 atom stereocenters. The topological polar surface area (TPSA) is 32.6 Å². The molecule has 58 valence electrons. The molecule has 0 saturated heterocycles. The van der Waals surface area contributed by atoms with Crippen molar-refractivity contribution in [2.24, 2.45) is 10.9 Å². The van der Waals surface area contributed by atoms with E-state index >= 15 is 0 Å². The summed E-state index contributed by atoms with van der Waals surface area (Å²) >= 11 is 1.68. The van der Waals surface area contributed by atoms with Crippen LogP contribution in [0.1, 0.15) is 13.8 Å². The Labute approximate surface area is 65.7 Å². The fraction of sp³-hybridized carbons (Fsp3) is 0.857. The second-order valence-electron chi connectivity index (χ2n) is 2.76. The molecule has 1 rings (SSSR count). The predicted molar refractivity (Wildman–Crippen MR) is 45.6 cm³/mol. The van der Waals surface area contributed by atoms with E-state index in [0.29, 0.717) is 5.92 Å². The van der Waals surface area contributed by atoms with Crippen LogP contribution < -0.4 is 0 Å². The van der Waals surface area contributed by atoms with Crippen LogP contribution >= 0.6 is 11.8 Å². The van der Waals surface area contributed by atoms with Gasteiger partial charge in [0.1, 0.15) is 6.10 Å². The van der Waals surface area contributed by atoms with Crippen LogP contribution in [-0.4, -0.2) is 28.6 Å². The van der Waals surface area contributed by atoms with Crippen molar-refractivity contribution in [3.8, 4) is 0 Å². The van der Waals surface area contributed by atoms with E-state index in [2.05, 4.69) is 4.99 Å². The summed E-state index contributed by atoms with van der Waals surface area (Å²) in [4.78, 5) is 4.19. The van der Waals surface area contributed by atoms with Gasteiger partial charge < -0.3 is 5.11 Å². The summed E-state index contributed by atoms with van der Waals surface area (Å²) in [5, 5.41) is 10.4. The highest BCUT2D eigenvalue weighted by Gasteiger charge is 2.19. The maximum absolute atomic E-state index is 9.47. The molecule has 0 amide bonds. The first-order valence-corrected chi connectivity index (χ1v) is 4.55. The molecule has 0 aromatic carbocycles. The lowest BCUT2D eigenvalue weighted by Crippen LogP contribution is -2.22. The van der Waals surface area contributed by atoms with E-state index in [9.17, 15) is 5.11 Å². The molecule has 0 aromatic rings. The van der Waals surface area contributed by atoms with Crippen LogP contribution in [-0.2, 0) is 0 Å². The van der Waals surface area contributed by atoms with Crippen molar-refractivity contribution in [1.82, 2.24) is 0 Å². The normalized spacial score (nSPS) is 21.4. The first-order valence-electron chi connectivity index (χ1n) is 3.57. The van der Waals surface area contributed by atoms with Gasteiger partial charge in [-0.25, -0.2) is 0 Å². The summed E-state index contributed by atoms with van der Waals surface area (Å²) in [5.41, 5.74) is 0. The molecule has 10 heavy (non-hydrogen) atoms. The molecule has 3 heteroatoms. The lowest BCUT2D eigenvalue weighted by atomic mass is 10.1. The minimum Gasteiger partial charge on any atom is -0.386 e. The molecule has 1 unspecified atom stereocenters. The minimum absolute atomic E-state index is 0.296. The van der Waals surface area contributed by atoms with E-state index in [1.807, 2.05) is 13.8 Å². The van der Waals surface area contributed by atoms with E-state index in [-0.39, 0.29) is 6.10 Å². The zero-order valence-electron chi connectivity index (χ0n) is 6.37. The third-order valence-electron chi connectivity index (χ3n) is 1.49. The lowest BCUT2D eigenvalue weighted by molar-refractivity contribution is 0.193. The lowest BCUT2D eigenvalue weighted by Gasteiger charge is -2.12. The van der Waals surface area contributed by atoms with E-state index in [1.54, 1.807) is 11.8 Å². The van der Waals surface area contributed by atoms with Crippen LogP contribution in [0.5, 0.6) is 0 Å². The maximum Gasteiger partial charge on any atom is 0.104 e.